The molecule has 0 saturated heterocycles. The monoisotopic (exact) mass is 562 g/mol. The molecular weight excluding hydrogens is 512 g/mol. The summed E-state index contributed by atoms with van der Waals surface area (Å²) in [7, 11) is 1.71. The van der Waals surface area contributed by atoms with Gasteiger partial charge in [0.25, 0.3) is 0 Å². The van der Waals surface area contributed by atoms with Crippen LogP contribution in [-0.2, 0) is 33.8 Å². The third-order valence-corrected chi connectivity index (χ3v) is 7.75. The van der Waals surface area contributed by atoms with Crippen LogP contribution in [0.2, 0.25) is 0 Å². The van der Waals surface area contributed by atoms with E-state index >= 15 is 0 Å². The number of hydrogen-bond donors (Lipinski definition) is 3. The topological polar surface area (TPSA) is 90.5 Å². The molecule has 0 unspecified atom stereocenters. The molecule has 2 aromatic carbocycles. The van der Waals surface area contributed by atoms with Crippen molar-refractivity contribution in [2.75, 3.05) is 7.05 Å². The number of fused-ring (bicyclic) bond motifs is 2. The average Bonchev–Trinajstić information content (AvgIpc) is 2.93. The first-order valence-electron chi connectivity index (χ1n) is 15.1. The standard InChI is InChI=1S/C30H40N4O3.C4H10/c1-19(31-5)27(35)33-26(30(2,3)4)29(37)34-18-22-13-7-6-12-21(22)17-25(34)28(36)32-24-16-10-14-20-11-8-9-15-23(20)24;1-4(2)3/h6-9,11-13,15,19,24-26,31H,10,14,16-18H2,1-5H3,(H,32,36)(H,33,35);4H,1-3H3/t19-,24+,25-,26+;/m0./s1. The highest BCUT2D eigenvalue weighted by Gasteiger charge is 2.42. The Morgan fingerprint density at radius 2 is 1.49 bits per heavy atom. The summed E-state index contributed by atoms with van der Waals surface area (Å²) in [5, 5.41) is 9.17. The van der Waals surface area contributed by atoms with Crippen LogP contribution in [-0.4, -0.2) is 47.8 Å². The van der Waals surface area contributed by atoms with Gasteiger partial charge in [0, 0.05) is 13.0 Å². The molecule has 2 aromatic rings. The molecule has 1 heterocycles. The van der Waals surface area contributed by atoms with Gasteiger partial charge in [-0.3, -0.25) is 14.4 Å². The molecule has 4 rings (SSSR count). The maximum absolute atomic E-state index is 14.1. The van der Waals surface area contributed by atoms with Crippen molar-refractivity contribution in [3.8, 4) is 0 Å². The minimum Gasteiger partial charge on any atom is -0.347 e. The summed E-state index contributed by atoms with van der Waals surface area (Å²) >= 11 is 0. The summed E-state index contributed by atoms with van der Waals surface area (Å²) in [5.74, 6) is 0.211. The Labute approximate surface area is 246 Å². The van der Waals surface area contributed by atoms with E-state index in [-0.39, 0.29) is 23.8 Å². The van der Waals surface area contributed by atoms with Crippen molar-refractivity contribution < 1.29 is 14.4 Å². The molecule has 0 spiro atoms. The molecule has 2 aliphatic rings. The number of amides is 3. The number of rotatable bonds is 6. The zero-order chi connectivity index (χ0) is 30.3. The average molecular weight is 563 g/mol. The van der Waals surface area contributed by atoms with E-state index < -0.39 is 23.5 Å². The van der Waals surface area contributed by atoms with Gasteiger partial charge in [-0.05, 0) is 66.8 Å². The number of benzene rings is 2. The van der Waals surface area contributed by atoms with E-state index in [1.54, 1.807) is 18.9 Å². The molecule has 0 saturated carbocycles. The van der Waals surface area contributed by atoms with Crippen LogP contribution in [0.1, 0.15) is 89.6 Å². The van der Waals surface area contributed by atoms with Crippen LogP contribution >= 0.6 is 0 Å². The van der Waals surface area contributed by atoms with E-state index in [1.165, 1.54) is 5.56 Å². The summed E-state index contributed by atoms with van der Waals surface area (Å²) < 4.78 is 0. The zero-order valence-electron chi connectivity index (χ0n) is 26.2. The molecule has 0 bridgehead atoms. The fourth-order valence-corrected chi connectivity index (χ4v) is 5.37. The summed E-state index contributed by atoms with van der Waals surface area (Å²) in [5.41, 5.74) is 4.01. The molecule has 7 heteroatoms. The lowest BCUT2D eigenvalue weighted by molar-refractivity contribution is -0.147. The second-order valence-corrected chi connectivity index (χ2v) is 13.2. The van der Waals surface area contributed by atoms with Crippen LogP contribution < -0.4 is 16.0 Å². The molecule has 1 aliphatic carbocycles. The van der Waals surface area contributed by atoms with Crippen LogP contribution in [0.15, 0.2) is 48.5 Å². The fraction of sp³-hybridized carbons (Fsp3) is 0.559. The fourth-order valence-electron chi connectivity index (χ4n) is 5.37. The molecule has 1 aliphatic heterocycles. The van der Waals surface area contributed by atoms with Gasteiger partial charge in [0.15, 0.2) is 0 Å². The molecule has 7 nitrogen and oxygen atoms in total. The van der Waals surface area contributed by atoms with Crippen molar-refractivity contribution in [3.05, 3.63) is 70.8 Å². The van der Waals surface area contributed by atoms with Crippen LogP contribution in [0.3, 0.4) is 0 Å². The number of carbonyl (C=O) groups excluding carboxylic acids is 3. The Bertz CT molecular complexity index is 1200. The van der Waals surface area contributed by atoms with Crippen LogP contribution in [0.4, 0.5) is 0 Å². The summed E-state index contributed by atoms with van der Waals surface area (Å²) in [6.07, 6.45) is 3.35. The Balaban J connectivity index is 0.00000108. The van der Waals surface area contributed by atoms with Crippen LogP contribution in [0.25, 0.3) is 0 Å². The van der Waals surface area contributed by atoms with Crippen LogP contribution in [0.5, 0.6) is 0 Å². The molecule has 41 heavy (non-hydrogen) atoms. The molecule has 0 aromatic heterocycles. The Hall–Kier alpha value is -3.19. The van der Waals surface area contributed by atoms with Gasteiger partial charge in [0.2, 0.25) is 17.7 Å². The molecule has 0 fully saturated rings. The van der Waals surface area contributed by atoms with E-state index in [2.05, 4.69) is 48.9 Å². The Morgan fingerprint density at radius 3 is 2.10 bits per heavy atom. The second kappa shape index (κ2) is 14.1. The number of nitrogens with zero attached hydrogens (tertiary/aromatic N) is 1. The predicted molar refractivity (Wildman–Crippen MR) is 165 cm³/mol. The van der Waals surface area contributed by atoms with Gasteiger partial charge in [-0.1, -0.05) is 90.1 Å². The second-order valence-electron chi connectivity index (χ2n) is 13.2. The lowest BCUT2D eigenvalue weighted by atomic mass is 9.83. The Morgan fingerprint density at radius 1 is 0.902 bits per heavy atom. The summed E-state index contributed by atoms with van der Waals surface area (Å²) in [4.78, 5) is 42.4. The lowest BCUT2D eigenvalue weighted by Crippen LogP contribution is -2.62. The number of aryl methyl sites for hydroxylation is 1. The van der Waals surface area contributed by atoms with Gasteiger partial charge in [0.05, 0.1) is 12.1 Å². The largest absolute Gasteiger partial charge is 0.347 e. The van der Waals surface area contributed by atoms with Crippen molar-refractivity contribution in [3.63, 3.8) is 0 Å². The van der Waals surface area contributed by atoms with Crippen LogP contribution in [0, 0.1) is 11.3 Å². The number of carbonyl (C=O) groups is 3. The Kier molecular flexibility index (Phi) is 11.1. The van der Waals surface area contributed by atoms with Gasteiger partial charge in [-0.2, -0.15) is 0 Å². The number of likely N-dealkylation sites (N-methyl/N-ethyl adjacent to an activating group) is 1. The third-order valence-electron chi connectivity index (χ3n) is 7.75. The molecule has 224 valence electrons. The quantitative estimate of drug-likeness (QED) is 0.466. The van der Waals surface area contributed by atoms with Crippen molar-refractivity contribution in [2.24, 2.45) is 11.3 Å². The van der Waals surface area contributed by atoms with E-state index in [4.69, 9.17) is 0 Å². The van der Waals surface area contributed by atoms with Gasteiger partial charge in [-0.25, -0.2) is 0 Å². The highest BCUT2D eigenvalue weighted by molar-refractivity contribution is 5.94. The summed E-state index contributed by atoms with van der Waals surface area (Å²) in [6, 6.07) is 14.3. The van der Waals surface area contributed by atoms with Gasteiger partial charge < -0.3 is 20.9 Å². The maximum atomic E-state index is 14.1. The first-order valence-corrected chi connectivity index (χ1v) is 15.1. The highest BCUT2D eigenvalue weighted by Crippen LogP contribution is 2.32. The minimum atomic E-state index is -0.772. The minimum absolute atomic E-state index is 0.0684. The summed E-state index contributed by atoms with van der Waals surface area (Å²) in [6.45, 7) is 14.4. The van der Waals surface area contributed by atoms with Crippen molar-refractivity contribution in [2.45, 2.75) is 105 Å². The van der Waals surface area contributed by atoms with Gasteiger partial charge in [0.1, 0.15) is 12.1 Å². The molecule has 4 atom stereocenters. The van der Waals surface area contributed by atoms with E-state index in [0.717, 1.165) is 41.9 Å². The van der Waals surface area contributed by atoms with Crippen molar-refractivity contribution in [1.29, 1.82) is 0 Å². The van der Waals surface area contributed by atoms with E-state index in [9.17, 15) is 14.4 Å². The van der Waals surface area contributed by atoms with Crippen molar-refractivity contribution in [1.82, 2.24) is 20.9 Å². The number of nitrogens with one attached hydrogen (secondary N) is 3. The molecule has 3 N–H and O–H groups in total. The normalized spacial score (nSPS) is 19.6. The van der Waals surface area contributed by atoms with E-state index in [0.29, 0.717) is 13.0 Å². The zero-order valence-corrected chi connectivity index (χ0v) is 26.2. The molecule has 0 radical (unpaired) electrons. The highest BCUT2D eigenvalue weighted by atomic mass is 16.2. The number of hydrogen-bond acceptors (Lipinski definition) is 4. The SMILES string of the molecule is CC(C)C.CN[C@@H](C)C(=O)N[C@H](C(=O)N1Cc2ccccc2C[C@H]1C(=O)N[C@@H]1CCCc2ccccc21)C(C)(C)C. The first kappa shape index (κ1) is 32.3. The predicted octanol–water partition coefficient (Wildman–Crippen LogP) is 4.93. The lowest BCUT2D eigenvalue weighted by Gasteiger charge is -2.41. The van der Waals surface area contributed by atoms with Crippen molar-refractivity contribution >= 4 is 17.7 Å². The molecular formula is C34H50N4O3. The first-order chi connectivity index (χ1) is 19.3. The molecule has 3 amide bonds. The van der Waals surface area contributed by atoms with E-state index in [1.807, 2.05) is 57.2 Å². The third kappa shape index (κ3) is 8.41. The van der Waals surface area contributed by atoms with Gasteiger partial charge in [-0.15, -0.1) is 0 Å². The maximum Gasteiger partial charge on any atom is 0.246 e. The smallest absolute Gasteiger partial charge is 0.246 e. The van der Waals surface area contributed by atoms with Gasteiger partial charge >= 0.3 is 0 Å².